The summed E-state index contributed by atoms with van der Waals surface area (Å²) in [6, 6.07) is 2.02. The normalized spacial score (nSPS) is 15.6. The van der Waals surface area contributed by atoms with Crippen LogP contribution in [-0.4, -0.2) is 32.4 Å². The molecule has 0 bridgehead atoms. The first-order valence-corrected chi connectivity index (χ1v) is 8.18. The van der Waals surface area contributed by atoms with Crippen molar-refractivity contribution in [2.75, 3.05) is 18.0 Å². The van der Waals surface area contributed by atoms with Crippen LogP contribution in [0.15, 0.2) is 6.07 Å². The van der Waals surface area contributed by atoms with Gasteiger partial charge in [0.15, 0.2) is 0 Å². The molecular formula is C15H21N5S. The summed E-state index contributed by atoms with van der Waals surface area (Å²) in [4.78, 5) is 16.0. The number of nitrogens with zero attached hydrogens (tertiary/aromatic N) is 5. The average Bonchev–Trinajstić information content (AvgIpc) is 2.73. The molecule has 0 unspecified atom stereocenters. The first-order valence-electron chi connectivity index (χ1n) is 7.41. The van der Waals surface area contributed by atoms with Gasteiger partial charge in [0.25, 0.3) is 0 Å². The molecular weight excluding hydrogens is 282 g/mol. The summed E-state index contributed by atoms with van der Waals surface area (Å²) in [6.45, 7) is 10.3. The lowest BCUT2D eigenvalue weighted by molar-refractivity contribution is 0.496. The van der Waals surface area contributed by atoms with E-state index in [1.54, 1.807) is 0 Å². The molecule has 0 amide bonds. The second-order valence-corrected chi connectivity index (χ2v) is 6.93. The predicted molar refractivity (Wildman–Crippen MR) is 84.9 cm³/mol. The standard InChI is InChI=1S/C15H21N5S/c1-9(2)5-13-18-15(21-19-13)20-7-12(8-20)14-16-10(3)6-11(4)17-14/h6,9,12H,5,7-8H2,1-4H3. The van der Waals surface area contributed by atoms with Gasteiger partial charge < -0.3 is 4.90 Å². The fourth-order valence-corrected chi connectivity index (χ4v) is 3.27. The summed E-state index contributed by atoms with van der Waals surface area (Å²) in [5.74, 6) is 2.95. The van der Waals surface area contributed by atoms with Gasteiger partial charge in [-0.3, -0.25) is 0 Å². The second kappa shape index (κ2) is 5.67. The first-order chi connectivity index (χ1) is 10.0. The van der Waals surface area contributed by atoms with Crippen molar-refractivity contribution in [2.45, 2.75) is 40.0 Å². The SMILES string of the molecule is Cc1cc(C)nc(C2CN(c3nc(CC(C)C)ns3)C2)n1. The van der Waals surface area contributed by atoms with Gasteiger partial charge in [-0.15, -0.1) is 0 Å². The van der Waals surface area contributed by atoms with Crippen molar-refractivity contribution in [1.82, 2.24) is 19.3 Å². The highest BCUT2D eigenvalue weighted by atomic mass is 32.1. The van der Waals surface area contributed by atoms with E-state index in [4.69, 9.17) is 0 Å². The molecule has 112 valence electrons. The summed E-state index contributed by atoms with van der Waals surface area (Å²) >= 11 is 1.50. The van der Waals surface area contributed by atoms with Crippen LogP contribution in [0.5, 0.6) is 0 Å². The minimum Gasteiger partial charge on any atom is -0.345 e. The molecule has 0 N–H and O–H groups in total. The number of aromatic nitrogens is 4. The molecule has 3 heterocycles. The van der Waals surface area contributed by atoms with Gasteiger partial charge in [0.1, 0.15) is 11.6 Å². The van der Waals surface area contributed by atoms with Gasteiger partial charge in [-0.2, -0.15) is 4.37 Å². The summed E-state index contributed by atoms with van der Waals surface area (Å²) in [6.07, 6.45) is 0.952. The fourth-order valence-electron chi connectivity index (χ4n) is 2.56. The minimum absolute atomic E-state index is 0.418. The molecule has 0 saturated carbocycles. The Morgan fingerprint density at radius 1 is 1.19 bits per heavy atom. The lowest BCUT2D eigenvalue weighted by Gasteiger charge is -2.37. The van der Waals surface area contributed by atoms with Gasteiger partial charge >= 0.3 is 0 Å². The van der Waals surface area contributed by atoms with Crippen molar-refractivity contribution in [3.63, 3.8) is 0 Å². The van der Waals surface area contributed by atoms with Crippen LogP contribution in [0.2, 0.25) is 0 Å². The maximum atomic E-state index is 4.63. The van der Waals surface area contributed by atoms with Crippen molar-refractivity contribution in [1.29, 1.82) is 0 Å². The minimum atomic E-state index is 0.418. The Hall–Kier alpha value is -1.56. The molecule has 0 aromatic carbocycles. The zero-order valence-electron chi connectivity index (χ0n) is 13.0. The van der Waals surface area contributed by atoms with Gasteiger partial charge in [0.2, 0.25) is 5.13 Å². The highest BCUT2D eigenvalue weighted by molar-refractivity contribution is 7.09. The van der Waals surface area contributed by atoms with Gasteiger partial charge in [-0.1, -0.05) is 13.8 Å². The Kier molecular flexibility index (Phi) is 3.89. The molecule has 1 aliphatic heterocycles. The highest BCUT2D eigenvalue weighted by Crippen LogP contribution is 2.31. The third-order valence-electron chi connectivity index (χ3n) is 3.56. The second-order valence-electron chi connectivity index (χ2n) is 6.20. The lowest BCUT2D eigenvalue weighted by Crippen LogP contribution is -2.45. The van der Waals surface area contributed by atoms with E-state index >= 15 is 0 Å². The Labute approximate surface area is 129 Å². The molecule has 5 nitrogen and oxygen atoms in total. The zero-order chi connectivity index (χ0) is 15.0. The largest absolute Gasteiger partial charge is 0.345 e. The number of hydrogen-bond donors (Lipinski definition) is 0. The quantitative estimate of drug-likeness (QED) is 0.869. The Morgan fingerprint density at radius 3 is 2.48 bits per heavy atom. The molecule has 3 rings (SSSR count). The Balaban J connectivity index is 1.63. The summed E-state index contributed by atoms with van der Waals surface area (Å²) in [5.41, 5.74) is 2.09. The molecule has 0 aliphatic carbocycles. The van der Waals surface area contributed by atoms with Crippen LogP contribution < -0.4 is 4.90 Å². The number of anilines is 1. The number of aryl methyl sites for hydroxylation is 2. The molecule has 2 aromatic heterocycles. The smallest absolute Gasteiger partial charge is 0.205 e. The molecule has 1 aliphatic rings. The van der Waals surface area contributed by atoms with E-state index in [0.717, 1.165) is 47.7 Å². The van der Waals surface area contributed by atoms with Crippen LogP contribution in [-0.2, 0) is 6.42 Å². The average molecular weight is 303 g/mol. The van der Waals surface area contributed by atoms with Crippen LogP contribution in [0.25, 0.3) is 0 Å². The molecule has 0 radical (unpaired) electrons. The Morgan fingerprint density at radius 2 is 1.86 bits per heavy atom. The Bertz CT molecular complexity index is 610. The van der Waals surface area contributed by atoms with Crippen molar-refractivity contribution in [3.8, 4) is 0 Å². The van der Waals surface area contributed by atoms with E-state index in [0.29, 0.717) is 11.8 Å². The van der Waals surface area contributed by atoms with Crippen LogP contribution in [0.1, 0.15) is 42.8 Å². The van der Waals surface area contributed by atoms with Crippen molar-refractivity contribution >= 4 is 16.7 Å². The van der Waals surface area contributed by atoms with E-state index in [1.165, 1.54) is 11.5 Å². The molecule has 1 saturated heterocycles. The van der Waals surface area contributed by atoms with Crippen molar-refractivity contribution < 1.29 is 0 Å². The molecule has 2 aromatic rings. The van der Waals surface area contributed by atoms with Gasteiger partial charge in [-0.05, 0) is 25.8 Å². The van der Waals surface area contributed by atoms with Crippen LogP contribution in [0.4, 0.5) is 5.13 Å². The van der Waals surface area contributed by atoms with Crippen molar-refractivity contribution in [3.05, 3.63) is 29.1 Å². The zero-order valence-corrected chi connectivity index (χ0v) is 13.8. The summed E-state index contributed by atoms with van der Waals surface area (Å²) in [7, 11) is 0. The highest BCUT2D eigenvalue weighted by Gasteiger charge is 2.32. The van der Waals surface area contributed by atoms with Gasteiger partial charge in [0, 0.05) is 42.4 Å². The predicted octanol–water partition coefficient (Wildman–Crippen LogP) is 2.75. The maximum Gasteiger partial charge on any atom is 0.205 e. The topological polar surface area (TPSA) is 54.8 Å². The van der Waals surface area contributed by atoms with E-state index in [2.05, 4.69) is 38.1 Å². The van der Waals surface area contributed by atoms with Crippen LogP contribution >= 0.6 is 11.5 Å². The molecule has 6 heteroatoms. The summed E-state index contributed by atoms with van der Waals surface area (Å²) in [5, 5.41) is 1.03. The third-order valence-corrected chi connectivity index (χ3v) is 4.38. The number of hydrogen-bond acceptors (Lipinski definition) is 6. The van der Waals surface area contributed by atoms with Gasteiger partial charge in [0.05, 0.1) is 5.92 Å². The van der Waals surface area contributed by atoms with E-state index < -0.39 is 0 Å². The van der Waals surface area contributed by atoms with Crippen LogP contribution in [0.3, 0.4) is 0 Å². The maximum absolute atomic E-state index is 4.63. The van der Waals surface area contributed by atoms with E-state index in [1.807, 2.05) is 19.9 Å². The lowest BCUT2D eigenvalue weighted by atomic mass is 10.00. The van der Waals surface area contributed by atoms with Crippen LogP contribution in [0, 0.1) is 19.8 Å². The fraction of sp³-hybridized carbons (Fsp3) is 0.600. The van der Waals surface area contributed by atoms with E-state index in [9.17, 15) is 0 Å². The first kappa shape index (κ1) is 14.4. The van der Waals surface area contributed by atoms with E-state index in [-0.39, 0.29) is 0 Å². The monoisotopic (exact) mass is 303 g/mol. The summed E-state index contributed by atoms with van der Waals surface area (Å²) < 4.78 is 4.44. The molecule has 21 heavy (non-hydrogen) atoms. The van der Waals surface area contributed by atoms with Gasteiger partial charge in [-0.25, -0.2) is 15.0 Å². The van der Waals surface area contributed by atoms with Crippen molar-refractivity contribution in [2.24, 2.45) is 5.92 Å². The molecule has 0 atom stereocenters. The molecule has 0 spiro atoms. The number of rotatable bonds is 4. The third kappa shape index (κ3) is 3.20. The molecule has 1 fully saturated rings.